The van der Waals surface area contributed by atoms with Gasteiger partial charge in [0.1, 0.15) is 0 Å². The summed E-state index contributed by atoms with van der Waals surface area (Å²) in [6.45, 7) is 16.8. The third-order valence-electron chi connectivity index (χ3n) is 19.7. The topological polar surface area (TPSA) is 6.48 Å². The van der Waals surface area contributed by atoms with Crippen LogP contribution < -0.4 is 9.80 Å². The van der Waals surface area contributed by atoms with Gasteiger partial charge in [-0.3, -0.25) is 0 Å². The first kappa shape index (κ1) is 53.0. The number of nitrogens with zero attached hydrogens (tertiary/aromatic N) is 2. The maximum atomic E-state index is 2.50. The molecular weight excluding hydrogens is 1040 g/mol. The van der Waals surface area contributed by atoms with Crippen molar-refractivity contribution in [1.29, 1.82) is 0 Å². The van der Waals surface area contributed by atoms with Crippen LogP contribution in [0.4, 0.5) is 34.1 Å². The number of rotatable bonds is 11. The summed E-state index contributed by atoms with van der Waals surface area (Å²) in [7, 11) is 0. The van der Waals surface area contributed by atoms with E-state index in [0.29, 0.717) is 0 Å². The molecule has 2 heteroatoms. The summed E-state index contributed by atoms with van der Waals surface area (Å²) in [6, 6.07) is 106. The first-order chi connectivity index (χ1) is 41.8. The van der Waals surface area contributed by atoms with Gasteiger partial charge in [0, 0.05) is 50.1 Å². The lowest BCUT2D eigenvalue weighted by Gasteiger charge is -2.30. The smallest absolute Gasteiger partial charge is 0.0540 e. The van der Waals surface area contributed by atoms with Crippen LogP contribution in [0.5, 0.6) is 0 Å². The second-order valence-corrected chi connectivity index (χ2v) is 26.1. The molecule has 15 rings (SSSR count). The minimum atomic E-state index is -0.186. The summed E-state index contributed by atoms with van der Waals surface area (Å²) in [5, 5.41) is 0. The fourth-order valence-electron chi connectivity index (χ4n) is 15.3. The number of benzene rings is 12. The van der Waals surface area contributed by atoms with E-state index < -0.39 is 0 Å². The lowest BCUT2D eigenvalue weighted by molar-refractivity contribution is 0.425. The molecule has 3 aliphatic rings. The number of hydrogen-bond acceptors (Lipinski definition) is 2. The summed E-state index contributed by atoms with van der Waals surface area (Å²) in [6.07, 6.45) is 1.02. The molecule has 12 aromatic carbocycles. The van der Waals surface area contributed by atoms with E-state index in [4.69, 9.17) is 0 Å². The van der Waals surface area contributed by atoms with Gasteiger partial charge < -0.3 is 9.80 Å². The van der Waals surface area contributed by atoms with Crippen LogP contribution in [0.15, 0.2) is 285 Å². The van der Waals surface area contributed by atoms with Crippen molar-refractivity contribution in [1.82, 2.24) is 0 Å². The van der Waals surface area contributed by atoms with Gasteiger partial charge in [-0.05, 0) is 173 Å². The first-order valence-corrected chi connectivity index (χ1v) is 30.6. The molecule has 0 N–H and O–H groups in total. The highest BCUT2D eigenvalue weighted by molar-refractivity contribution is 5.93. The van der Waals surface area contributed by atoms with Crippen molar-refractivity contribution in [3.63, 3.8) is 0 Å². The zero-order valence-electron chi connectivity index (χ0n) is 50.2. The Labute approximate surface area is 508 Å². The van der Waals surface area contributed by atoms with E-state index in [9.17, 15) is 0 Å². The Morgan fingerprint density at radius 2 is 0.605 bits per heavy atom. The van der Waals surface area contributed by atoms with Gasteiger partial charge in [0.05, 0.1) is 11.4 Å². The molecule has 86 heavy (non-hydrogen) atoms. The standard InChI is InChI=1S/C84H70N2/c1-81(2)55-84(7,62-41-34-56(35-42-62)57-36-43-63(44-37-57)85(79-32-20-16-26-67(79)59-22-10-8-11-23-59)65-47-49-71-69-28-14-18-30-73(69)82(3,4)76(71)53-65)78-52-61(40-51-75(78)81)58-38-45-64(46-39-58)86(80-33-21-17-27-68(80)60-24-12-9-13-25-60)66-48-50-72-70-29-15-19-31-74(70)83(5,6)77(72)54-66/h8-54H,55H2,1-7H3. The van der Waals surface area contributed by atoms with Crippen LogP contribution in [0.1, 0.15) is 93.8 Å². The third kappa shape index (κ3) is 8.60. The van der Waals surface area contributed by atoms with Crippen LogP contribution in [0.2, 0.25) is 0 Å². The Bertz CT molecular complexity index is 4570. The maximum absolute atomic E-state index is 2.50. The van der Waals surface area contributed by atoms with E-state index in [1.54, 1.807) is 0 Å². The average Bonchev–Trinajstić information content (AvgIpc) is 1.76. The van der Waals surface area contributed by atoms with Gasteiger partial charge in [-0.2, -0.15) is 0 Å². The summed E-state index contributed by atoms with van der Waals surface area (Å²) in [5.41, 5.74) is 31.0. The number of para-hydroxylation sites is 2. The van der Waals surface area contributed by atoms with Crippen LogP contribution in [-0.2, 0) is 21.7 Å². The van der Waals surface area contributed by atoms with Gasteiger partial charge in [-0.1, -0.05) is 267 Å². The van der Waals surface area contributed by atoms with E-state index in [1.165, 1.54) is 106 Å². The molecular formula is C84H70N2. The molecule has 0 radical (unpaired) electrons. The van der Waals surface area contributed by atoms with Gasteiger partial charge in [0.25, 0.3) is 0 Å². The average molecular weight is 1110 g/mol. The van der Waals surface area contributed by atoms with Crippen molar-refractivity contribution in [2.45, 2.75) is 76.5 Å². The van der Waals surface area contributed by atoms with Crippen LogP contribution in [0.25, 0.3) is 66.8 Å². The predicted molar refractivity (Wildman–Crippen MR) is 363 cm³/mol. The monoisotopic (exact) mass is 1110 g/mol. The maximum Gasteiger partial charge on any atom is 0.0540 e. The number of anilines is 6. The SMILES string of the molecule is CC1(C)CC(C)(c2ccc(-c3ccc(N(c4ccc5c(c4)C(C)(C)c4ccccc4-5)c4ccccc4-c4ccccc4)cc3)cc2)c2cc(-c3ccc(N(c4ccc5c(c4)C(C)(C)c4ccccc4-5)c4ccccc4-c4ccccc4)cc3)ccc21. The Hall–Kier alpha value is -9.76. The van der Waals surface area contributed by atoms with Crippen molar-refractivity contribution < 1.29 is 0 Å². The van der Waals surface area contributed by atoms with E-state index in [2.05, 4.69) is 343 Å². The summed E-state index contributed by atoms with van der Waals surface area (Å²) >= 11 is 0. The molecule has 12 aromatic rings. The fraction of sp³-hybridized carbons (Fsp3) is 0.143. The molecule has 0 heterocycles. The van der Waals surface area contributed by atoms with Crippen LogP contribution in [0.3, 0.4) is 0 Å². The second kappa shape index (κ2) is 20.2. The van der Waals surface area contributed by atoms with E-state index in [-0.39, 0.29) is 21.7 Å². The molecule has 0 aliphatic heterocycles. The quantitative estimate of drug-likeness (QED) is 0.127. The van der Waals surface area contributed by atoms with Gasteiger partial charge in [-0.25, -0.2) is 0 Å². The predicted octanol–water partition coefficient (Wildman–Crippen LogP) is 22.9. The highest BCUT2D eigenvalue weighted by atomic mass is 15.2. The zero-order valence-corrected chi connectivity index (χ0v) is 50.2. The van der Waals surface area contributed by atoms with Crippen LogP contribution in [0, 0.1) is 0 Å². The minimum Gasteiger partial charge on any atom is -0.310 e. The molecule has 0 fully saturated rings. The number of fused-ring (bicyclic) bond motifs is 7. The Morgan fingerprint density at radius 3 is 1.07 bits per heavy atom. The third-order valence-corrected chi connectivity index (χ3v) is 19.7. The van der Waals surface area contributed by atoms with Crippen molar-refractivity contribution in [3.05, 3.63) is 324 Å². The van der Waals surface area contributed by atoms with Gasteiger partial charge in [-0.15, -0.1) is 0 Å². The molecule has 2 nitrogen and oxygen atoms in total. The van der Waals surface area contributed by atoms with Crippen molar-refractivity contribution in [3.8, 4) is 66.8 Å². The van der Waals surface area contributed by atoms with E-state index in [0.717, 1.165) is 40.5 Å². The number of hydrogen-bond donors (Lipinski definition) is 0. The lowest BCUT2D eigenvalue weighted by Crippen LogP contribution is -2.23. The molecule has 416 valence electrons. The molecule has 3 aliphatic carbocycles. The van der Waals surface area contributed by atoms with Crippen molar-refractivity contribution in [2.75, 3.05) is 9.80 Å². The van der Waals surface area contributed by atoms with Crippen molar-refractivity contribution >= 4 is 34.1 Å². The Kier molecular flexibility index (Phi) is 12.5. The molecule has 0 saturated heterocycles. The molecule has 0 saturated carbocycles. The first-order valence-electron chi connectivity index (χ1n) is 30.6. The van der Waals surface area contributed by atoms with Gasteiger partial charge in [0.2, 0.25) is 0 Å². The van der Waals surface area contributed by atoms with Crippen LogP contribution >= 0.6 is 0 Å². The summed E-state index contributed by atoms with van der Waals surface area (Å²) < 4.78 is 0. The molecule has 0 spiro atoms. The highest BCUT2D eigenvalue weighted by Crippen LogP contribution is 2.56. The normalized spacial score (nSPS) is 16.1. The lowest BCUT2D eigenvalue weighted by atomic mass is 9.74. The van der Waals surface area contributed by atoms with Gasteiger partial charge >= 0.3 is 0 Å². The largest absolute Gasteiger partial charge is 0.310 e. The van der Waals surface area contributed by atoms with E-state index in [1.807, 2.05) is 0 Å². The highest BCUT2D eigenvalue weighted by Gasteiger charge is 2.46. The van der Waals surface area contributed by atoms with Gasteiger partial charge in [0.15, 0.2) is 0 Å². The molecule has 0 aromatic heterocycles. The fourth-order valence-corrected chi connectivity index (χ4v) is 15.3. The van der Waals surface area contributed by atoms with Crippen LogP contribution in [-0.4, -0.2) is 0 Å². The second-order valence-electron chi connectivity index (χ2n) is 26.1. The summed E-state index contributed by atoms with van der Waals surface area (Å²) in [5.74, 6) is 0. The van der Waals surface area contributed by atoms with Crippen molar-refractivity contribution in [2.24, 2.45) is 0 Å². The minimum absolute atomic E-state index is 0.00296. The molecule has 1 unspecified atom stereocenters. The van der Waals surface area contributed by atoms with E-state index >= 15 is 0 Å². The summed E-state index contributed by atoms with van der Waals surface area (Å²) in [4.78, 5) is 4.91. The molecule has 0 bridgehead atoms. The molecule has 0 amide bonds. The molecule has 1 atom stereocenters. The Morgan fingerprint density at radius 1 is 0.244 bits per heavy atom. The zero-order chi connectivity index (χ0) is 58.5. The Balaban J connectivity index is 0.749.